The third-order valence-electron chi connectivity index (χ3n) is 13.5. The lowest BCUT2D eigenvalue weighted by atomic mass is 10.1. The predicted molar refractivity (Wildman–Crippen MR) is 267 cm³/mol. The molecule has 0 aliphatic heterocycles. The van der Waals surface area contributed by atoms with Gasteiger partial charge in [0.1, 0.15) is 33.1 Å². The summed E-state index contributed by atoms with van der Waals surface area (Å²) in [4.78, 5) is 74.2. The summed E-state index contributed by atoms with van der Waals surface area (Å²) in [6.45, 7) is 16.5. The summed E-state index contributed by atoms with van der Waals surface area (Å²) < 4.78 is 11.3. The lowest BCUT2D eigenvalue weighted by Crippen LogP contribution is -2.24. The van der Waals surface area contributed by atoms with Crippen molar-refractivity contribution in [2.45, 2.75) is 158 Å². The molecule has 0 aliphatic rings. The molecule has 10 rings (SSSR count). The number of rotatable bonds is 18. The number of unbranched alkanes of at least 4 members (excludes halogenated alkanes) is 6. The Morgan fingerprint density at radius 2 is 0.439 bits per heavy atom. The number of aryl methyl sites for hydroxylation is 6. The van der Waals surface area contributed by atoms with E-state index in [1.54, 1.807) is 0 Å². The van der Waals surface area contributed by atoms with E-state index in [0.717, 1.165) is 110 Å². The van der Waals surface area contributed by atoms with Gasteiger partial charge < -0.3 is 0 Å². The molecule has 4 aromatic carbocycles. The smallest absolute Gasteiger partial charge is 0.292 e. The Labute approximate surface area is 381 Å². The molecule has 6 aromatic heterocycles. The third kappa shape index (κ3) is 7.03. The Morgan fingerprint density at radius 1 is 0.288 bits per heavy atom. The van der Waals surface area contributed by atoms with Crippen molar-refractivity contribution in [1.82, 2.24) is 57.3 Å². The van der Waals surface area contributed by atoms with Gasteiger partial charge in [-0.25, -0.2) is 44.3 Å². The van der Waals surface area contributed by atoms with Crippen molar-refractivity contribution in [3.8, 4) is 0 Å². The summed E-state index contributed by atoms with van der Waals surface area (Å²) in [5, 5.41) is 0. The number of hydrogen-bond acceptors (Lipinski definition) is 9. The summed E-state index contributed by atoms with van der Waals surface area (Å²) in [5.74, 6) is 0. The molecule has 15 nitrogen and oxygen atoms in total. The number of fused-ring (bicyclic) bond motifs is 12. The van der Waals surface area contributed by atoms with Crippen LogP contribution >= 0.6 is 0 Å². The van der Waals surface area contributed by atoms with Crippen LogP contribution < -0.4 is 17.1 Å². The van der Waals surface area contributed by atoms with Crippen molar-refractivity contribution in [2.24, 2.45) is 0 Å². The number of aromatic nitrogens is 12. The average Bonchev–Trinajstić information content (AvgIpc) is 3.84. The van der Waals surface area contributed by atoms with Crippen LogP contribution in [0.3, 0.4) is 0 Å². The molecule has 0 atom stereocenters. The minimum absolute atomic E-state index is 0.0168. The molecular weight excluding hydrogens is 829 g/mol. The van der Waals surface area contributed by atoms with Crippen LogP contribution in [0.15, 0.2) is 50.8 Å². The molecule has 0 aliphatic carbocycles. The Bertz CT molecular complexity index is 3070. The lowest BCUT2D eigenvalue weighted by molar-refractivity contribution is 0.574. The number of benzene rings is 4. The molecule has 0 amide bonds. The summed E-state index contributed by atoms with van der Waals surface area (Å²) in [6, 6.07) is 12.0. The van der Waals surface area contributed by atoms with Crippen molar-refractivity contribution in [3.05, 3.63) is 67.9 Å². The van der Waals surface area contributed by atoms with E-state index in [9.17, 15) is 14.4 Å². The van der Waals surface area contributed by atoms with Crippen molar-refractivity contribution in [2.75, 3.05) is 0 Å². The normalized spacial score (nSPS) is 12.5. The molecule has 6 heterocycles. The van der Waals surface area contributed by atoms with Crippen molar-refractivity contribution < 1.29 is 0 Å². The predicted octanol–water partition coefficient (Wildman–Crippen LogP) is 10.1. The van der Waals surface area contributed by atoms with Crippen LogP contribution in [-0.2, 0) is 39.3 Å². The van der Waals surface area contributed by atoms with E-state index in [-0.39, 0.29) is 17.1 Å². The molecule has 10 aromatic rings. The minimum Gasteiger partial charge on any atom is -0.292 e. The van der Waals surface area contributed by atoms with Gasteiger partial charge >= 0.3 is 17.1 Å². The van der Waals surface area contributed by atoms with Crippen LogP contribution in [0.25, 0.3) is 99.3 Å². The van der Waals surface area contributed by atoms with Crippen LogP contribution in [-0.4, -0.2) is 57.3 Å². The SMILES string of the molecule is CCCCn1c(=O)n(CCCC)c2cc3nc4c(nc3cc21)c1nc2cc3c(cc2nc1c1nc2cc5c(cc2nc41)n(CCCC)c(=O)n5CCCC)n(CCCC)c(=O)n3CCCC. The summed E-state index contributed by atoms with van der Waals surface area (Å²) >= 11 is 0. The minimum atomic E-state index is -0.0168. The fraction of sp³-hybridized carbons (Fsp3) is 0.471. The van der Waals surface area contributed by atoms with Gasteiger partial charge in [-0.2, -0.15) is 0 Å². The van der Waals surface area contributed by atoms with Crippen molar-refractivity contribution in [1.29, 1.82) is 0 Å². The Hall–Kier alpha value is -6.51. The highest BCUT2D eigenvalue weighted by Gasteiger charge is 2.24. The average molecular weight is 889 g/mol. The molecule has 0 saturated carbocycles. The highest BCUT2D eigenvalue weighted by Crippen LogP contribution is 2.35. The fourth-order valence-corrected chi connectivity index (χ4v) is 9.78. The van der Waals surface area contributed by atoms with Gasteiger partial charge in [0.15, 0.2) is 0 Å². The topological polar surface area (TPSA) is 158 Å². The van der Waals surface area contributed by atoms with Gasteiger partial charge in [0, 0.05) is 39.3 Å². The zero-order valence-electron chi connectivity index (χ0n) is 39.3. The first-order chi connectivity index (χ1) is 32.2. The van der Waals surface area contributed by atoms with Crippen LogP contribution in [0.5, 0.6) is 0 Å². The third-order valence-corrected chi connectivity index (χ3v) is 13.5. The second-order valence-corrected chi connectivity index (χ2v) is 18.1. The molecule has 0 N–H and O–H groups in total. The van der Waals surface area contributed by atoms with Crippen LogP contribution in [0.1, 0.15) is 119 Å². The van der Waals surface area contributed by atoms with E-state index in [0.29, 0.717) is 105 Å². The molecule has 0 fully saturated rings. The highest BCUT2D eigenvalue weighted by molar-refractivity contribution is 6.21. The number of imidazole rings is 3. The van der Waals surface area contributed by atoms with Crippen LogP contribution in [0.4, 0.5) is 0 Å². The first-order valence-electron chi connectivity index (χ1n) is 24.6. The lowest BCUT2D eigenvalue weighted by Gasteiger charge is -2.12. The summed E-state index contributed by atoms with van der Waals surface area (Å²) in [5.41, 5.74) is 11.9. The maximum atomic E-state index is 14.0. The molecular formula is C51H60N12O3. The van der Waals surface area contributed by atoms with Crippen LogP contribution in [0, 0.1) is 0 Å². The summed E-state index contributed by atoms with van der Waals surface area (Å²) in [7, 11) is 0. The highest BCUT2D eigenvalue weighted by atomic mass is 16.2. The molecule has 0 bridgehead atoms. The largest absolute Gasteiger partial charge is 0.329 e. The van der Waals surface area contributed by atoms with Crippen LogP contribution in [0.2, 0.25) is 0 Å². The van der Waals surface area contributed by atoms with Crippen molar-refractivity contribution in [3.63, 3.8) is 0 Å². The van der Waals surface area contributed by atoms with E-state index in [4.69, 9.17) is 29.9 Å². The van der Waals surface area contributed by atoms with Gasteiger partial charge in [-0.3, -0.25) is 27.4 Å². The second-order valence-electron chi connectivity index (χ2n) is 18.1. The maximum absolute atomic E-state index is 14.0. The van der Waals surface area contributed by atoms with Gasteiger partial charge in [0.05, 0.1) is 66.2 Å². The Morgan fingerprint density at radius 3 is 0.576 bits per heavy atom. The first kappa shape index (κ1) is 43.4. The second kappa shape index (κ2) is 17.7. The van der Waals surface area contributed by atoms with E-state index in [1.807, 2.05) is 63.8 Å². The molecule has 15 heteroatoms. The number of nitrogens with zero attached hydrogens (tertiary/aromatic N) is 12. The van der Waals surface area contributed by atoms with Gasteiger partial charge in [-0.15, -0.1) is 0 Å². The molecule has 0 unspecified atom stereocenters. The van der Waals surface area contributed by atoms with E-state index in [2.05, 4.69) is 41.5 Å². The van der Waals surface area contributed by atoms with E-state index in [1.165, 1.54) is 0 Å². The quantitative estimate of drug-likeness (QED) is 0.0604. The van der Waals surface area contributed by atoms with Gasteiger partial charge in [-0.05, 0) is 74.9 Å². The van der Waals surface area contributed by atoms with Gasteiger partial charge in [-0.1, -0.05) is 80.1 Å². The summed E-state index contributed by atoms with van der Waals surface area (Å²) in [6.07, 6.45) is 11.1. The molecule has 0 saturated heterocycles. The monoisotopic (exact) mass is 888 g/mol. The Kier molecular flexibility index (Phi) is 11.6. The molecule has 0 radical (unpaired) electrons. The van der Waals surface area contributed by atoms with Gasteiger partial charge in [0.25, 0.3) is 0 Å². The molecule has 66 heavy (non-hydrogen) atoms. The molecule has 342 valence electrons. The first-order valence-corrected chi connectivity index (χ1v) is 24.6. The van der Waals surface area contributed by atoms with Crippen molar-refractivity contribution >= 4 is 99.3 Å². The van der Waals surface area contributed by atoms with Gasteiger partial charge in [0.2, 0.25) is 0 Å². The maximum Gasteiger partial charge on any atom is 0.329 e. The molecule has 0 spiro atoms. The fourth-order valence-electron chi connectivity index (χ4n) is 9.78. The zero-order chi connectivity index (χ0) is 45.8. The van der Waals surface area contributed by atoms with E-state index < -0.39 is 0 Å². The number of hydrogen-bond donors (Lipinski definition) is 0. The van der Waals surface area contributed by atoms with E-state index >= 15 is 0 Å². The Balaban J connectivity index is 1.33. The zero-order valence-corrected chi connectivity index (χ0v) is 39.3. The standard InChI is InChI=1S/C51H60N12O3/c1-7-13-19-58-37-25-31-32(26-38(37)59(49(58)64)20-14-8-2)53-44-43(52-31)45-47(56-34-28-40-39(27-33(34)54-45)60(21-15-9-3)50(65)61(40)22-16-10-4)48-46(44)55-35-29-41-42(30-36(35)57-48)63(24-18-12-6)51(66)62(41)23-17-11-5/h25-30H,7-24H2,1-6H3.